The van der Waals surface area contributed by atoms with Gasteiger partial charge in [0.25, 0.3) is 0 Å². The highest BCUT2D eigenvalue weighted by molar-refractivity contribution is 7.10. The fraction of sp³-hybridized carbons (Fsp3) is 0.500. The number of amides is 1. The number of nitrogens with zero attached hydrogens (tertiary/aromatic N) is 2. The van der Waals surface area contributed by atoms with Gasteiger partial charge in [-0.25, -0.2) is 0 Å². The first-order valence-electron chi connectivity index (χ1n) is 9.82. The molecule has 0 radical (unpaired) electrons. The summed E-state index contributed by atoms with van der Waals surface area (Å²) in [5.41, 5.74) is 1.23. The Morgan fingerprint density at radius 3 is 2.79 bits per heavy atom. The molecule has 2 aromatic rings. The van der Waals surface area contributed by atoms with E-state index in [1.165, 1.54) is 5.56 Å². The van der Waals surface area contributed by atoms with Crippen molar-refractivity contribution in [1.29, 1.82) is 0 Å². The molecule has 1 aliphatic rings. The highest BCUT2D eigenvalue weighted by Crippen LogP contribution is 2.28. The number of likely N-dealkylation sites (N-methyl/N-ethyl adjacent to an activating group) is 1. The molecule has 1 aliphatic heterocycles. The van der Waals surface area contributed by atoms with Crippen molar-refractivity contribution < 1.29 is 14.3 Å². The van der Waals surface area contributed by atoms with Crippen LogP contribution in [0.2, 0.25) is 0 Å². The second-order valence-corrected chi connectivity index (χ2v) is 8.34. The average molecular weight is 403 g/mol. The molecule has 0 saturated carbocycles. The largest absolute Gasteiger partial charge is 0.493 e. The first kappa shape index (κ1) is 20.7. The molecule has 1 aromatic carbocycles. The van der Waals surface area contributed by atoms with Crippen molar-refractivity contribution in [3.8, 4) is 11.5 Å². The molecular formula is C22H30N2O3S. The van der Waals surface area contributed by atoms with Crippen molar-refractivity contribution in [1.82, 2.24) is 9.80 Å². The molecule has 1 unspecified atom stereocenters. The van der Waals surface area contributed by atoms with Gasteiger partial charge in [-0.1, -0.05) is 12.1 Å². The Bertz CT molecular complexity index is 763. The molecule has 2 heterocycles. The number of methoxy groups -OCH3 is 2. The van der Waals surface area contributed by atoms with E-state index >= 15 is 0 Å². The number of ether oxygens (including phenoxy) is 2. The van der Waals surface area contributed by atoms with Gasteiger partial charge in [-0.05, 0) is 55.5 Å². The molecule has 0 aliphatic carbocycles. The van der Waals surface area contributed by atoms with Crippen LogP contribution in [0.25, 0.3) is 0 Å². The maximum atomic E-state index is 12.6. The molecule has 0 spiro atoms. The summed E-state index contributed by atoms with van der Waals surface area (Å²) >= 11 is 1.66. The highest BCUT2D eigenvalue weighted by Gasteiger charge is 2.26. The predicted octanol–water partition coefficient (Wildman–Crippen LogP) is 3.47. The number of piperidine rings is 1. The van der Waals surface area contributed by atoms with Gasteiger partial charge in [0.1, 0.15) is 0 Å². The van der Waals surface area contributed by atoms with Crippen molar-refractivity contribution >= 4 is 17.2 Å². The standard InChI is InChI=1S/C22H30N2O3S/c1-23(12-10-17-8-9-20(26-2)21(14-17)27-3)18-6-4-11-24(16-18)22(25)15-19-7-5-13-28-19/h5,7-9,13-14,18H,4,6,10-12,15-16H2,1-3H3. The third kappa shape index (κ3) is 5.26. The first-order chi connectivity index (χ1) is 13.6. The summed E-state index contributed by atoms with van der Waals surface area (Å²) in [7, 11) is 5.48. The number of benzene rings is 1. The van der Waals surface area contributed by atoms with Gasteiger partial charge in [0.2, 0.25) is 5.91 Å². The molecule has 152 valence electrons. The Balaban J connectivity index is 1.52. The van der Waals surface area contributed by atoms with Crippen LogP contribution in [0.5, 0.6) is 11.5 Å². The molecule has 28 heavy (non-hydrogen) atoms. The highest BCUT2D eigenvalue weighted by atomic mass is 32.1. The van der Waals surface area contributed by atoms with Crippen molar-refractivity contribution in [2.75, 3.05) is 40.9 Å². The molecule has 1 amide bonds. The zero-order valence-corrected chi connectivity index (χ0v) is 17.8. The van der Waals surface area contributed by atoms with Crippen LogP contribution in [0.4, 0.5) is 0 Å². The van der Waals surface area contributed by atoms with Gasteiger partial charge in [-0.2, -0.15) is 0 Å². The van der Waals surface area contributed by atoms with Crippen LogP contribution >= 0.6 is 11.3 Å². The van der Waals surface area contributed by atoms with Crippen LogP contribution in [0.1, 0.15) is 23.3 Å². The lowest BCUT2D eigenvalue weighted by atomic mass is 10.0. The fourth-order valence-electron chi connectivity index (χ4n) is 3.74. The molecule has 1 fully saturated rings. The molecule has 1 aromatic heterocycles. The smallest absolute Gasteiger partial charge is 0.227 e. The van der Waals surface area contributed by atoms with E-state index in [9.17, 15) is 4.79 Å². The van der Waals surface area contributed by atoms with Crippen molar-refractivity contribution in [2.45, 2.75) is 31.7 Å². The predicted molar refractivity (Wildman–Crippen MR) is 114 cm³/mol. The Hall–Kier alpha value is -2.05. The van der Waals surface area contributed by atoms with Gasteiger partial charge >= 0.3 is 0 Å². The van der Waals surface area contributed by atoms with E-state index < -0.39 is 0 Å². The van der Waals surface area contributed by atoms with Crippen LogP contribution in [0, 0.1) is 0 Å². The summed E-state index contributed by atoms with van der Waals surface area (Å²) < 4.78 is 10.7. The summed E-state index contributed by atoms with van der Waals surface area (Å²) in [5.74, 6) is 1.78. The lowest BCUT2D eigenvalue weighted by Gasteiger charge is -2.37. The normalized spacial score (nSPS) is 17.0. The Morgan fingerprint density at radius 1 is 1.25 bits per heavy atom. The van der Waals surface area contributed by atoms with Crippen molar-refractivity contribution in [3.63, 3.8) is 0 Å². The van der Waals surface area contributed by atoms with E-state index in [-0.39, 0.29) is 5.91 Å². The van der Waals surface area contributed by atoms with E-state index in [2.05, 4.69) is 18.0 Å². The van der Waals surface area contributed by atoms with E-state index in [1.54, 1.807) is 25.6 Å². The summed E-state index contributed by atoms with van der Waals surface area (Å²) in [6, 6.07) is 10.6. The van der Waals surface area contributed by atoms with Gasteiger partial charge in [0.15, 0.2) is 11.5 Å². The number of likely N-dealkylation sites (tertiary alicyclic amines) is 1. The third-order valence-electron chi connectivity index (χ3n) is 5.48. The summed E-state index contributed by atoms with van der Waals surface area (Å²) in [6.07, 6.45) is 3.68. The average Bonchev–Trinajstić information content (AvgIpc) is 3.24. The topological polar surface area (TPSA) is 42.0 Å². The number of hydrogen-bond acceptors (Lipinski definition) is 5. The van der Waals surface area contributed by atoms with Crippen LogP contribution in [-0.4, -0.2) is 62.7 Å². The minimum absolute atomic E-state index is 0.250. The Labute approximate surface area is 171 Å². The first-order valence-corrected chi connectivity index (χ1v) is 10.7. The van der Waals surface area contributed by atoms with E-state index in [0.29, 0.717) is 12.5 Å². The number of rotatable bonds is 8. The third-order valence-corrected chi connectivity index (χ3v) is 6.36. The van der Waals surface area contributed by atoms with Gasteiger partial charge in [0, 0.05) is 30.6 Å². The van der Waals surface area contributed by atoms with Gasteiger partial charge in [0.05, 0.1) is 20.6 Å². The second-order valence-electron chi connectivity index (χ2n) is 7.31. The molecule has 0 bridgehead atoms. The lowest BCUT2D eigenvalue weighted by molar-refractivity contribution is -0.132. The molecule has 6 heteroatoms. The van der Waals surface area contributed by atoms with E-state index in [4.69, 9.17) is 9.47 Å². The van der Waals surface area contributed by atoms with Crippen LogP contribution in [0.15, 0.2) is 35.7 Å². The molecule has 0 N–H and O–H groups in total. The monoisotopic (exact) mass is 402 g/mol. The number of carbonyl (C=O) groups is 1. The van der Waals surface area contributed by atoms with E-state index in [1.807, 2.05) is 34.5 Å². The number of thiophene rings is 1. The van der Waals surface area contributed by atoms with Crippen molar-refractivity contribution in [2.24, 2.45) is 0 Å². The Morgan fingerprint density at radius 2 is 2.07 bits per heavy atom. The summed E-state index contributed by atoms with van der Waals surface area (Å²) in [5, 5.41) is 2.03. The fourth-order valence-corrected chi connectivity index (χ4v) is 4.44. The van der Waals surface area contributed by atoms with E-state index in [0.717, 1.165) is 55.3 Å². The SMILES string of the molecule is COc1ccc(CCN(C)C2CCCN(C(=O)Cc3cccs3)C2)cc1OC. The molecule has 5 nitrogen and oxygen atoms in total. The van der Waals surface area contributed by atoms with Gasteiger partial charge in [-0.15, -0.1) is 11.3 Å². The maximum absolute atomic E-state index is 12.6. The summed E-state index contributed by atoms with van der Waals surface area (Å²) in [6.45, 7) is 2.66. The van der Waals surface area contributed by atoms with Crippen LogP contribution in [0.3, 0.4) is 0 Å². The second kappa shape index (κ2) is 9.94. The van der Waals surface area contributed by atoms with Crippen LogP contribution < -0.4 is 9.47 Å². The van der Waals surface area contributed by atoms with Crippen LogP contribution in [-0.2, 0) is 17.6 Å². The zero-order chi connectivity index (χ0) is 19.9. The van der Waals surface area contributed by atoms with Gasteiger partial charge in [-0.3, -0.25) is 4.79 Å². The summed E-state index contributed by atoms with van der Waals surface area (Å²) in [4.78, 5) is 18.2. The molecular weight excluding hydrogens is 372 g/mol. The van der Waals surface area contributed by atoms with Gasteiger partial charge < -0.3 is 19.3 Å². The zero-order valence-electron chi connectivity index (χ0n) is 17.0. The molecule has 1 saturated heterocycles. The number of hydrogen-bond donors (Lipinski definition) is 0. The minimum atomic E-state index is 0.250. The quantitative estimate of drug-likeness (QED) is 0.678. The van der Waals surface area contributed by atoms with Crippen molar-refractivity contribution in [3.05, 3.63) is 46.2 Å². The Kier molecular flexibility index (Phi) is 7.34. The molecule has 1 atom stereocenters. The molecule has 3 rings (SSSR count). The minimum Gasteiger partial charge on any atom is -0.493 e. The number of carbonyl (C=O) groups excluding carboxylic acids is 1. The lowest BCUT2D eigenvalue weighted by Crippen LogP contribution is -2.49. The maximum Gasteiger partial charge on any atom is 0.227 e.